The Labute approximate surface area is 238 Å². The number of rotatable bonds is 13. The van der Waals surface area contributed by atoms with Crippen LogP contribution in [-0.2, 0) is 14.3 Å². The van der Waals surface area contributed by atoms with Gasteiger partial charge in [0, 0.05) is 41.6 Å². The number of dihydropyridines is 1. The number of nitrogens with one attached hydrogen (secondary N) is 2. The predicted molar refractivity (Wildman–Crippen MR) is 148 cm³/mol. The number of aliphatic carboxylic acids is 1. The van der Waals surface area contributed by atoms with Gasteiger partial charge in [0.15, 0.2) is 0 Å². The van der Waals surface area contributed by atoms with E-state index >= 15 is 0 Å². The van der Waals surface area contributed by atoms with Crippen LogP contribution in [0.25, 0.3) is 0 Å². The van der Waals surface area contributed by atoms with Crippen LogP contribution in [0.2, 0.25) is 0 Å². The normalized spacial score (nSPS) is 15.6. The molecular formula is C28H33ClN3O8-. The molecule has 0 radical (unpaired) electrons. The van der Waals surface area contributed by atoms with Crippen LogP contribution in [-0.4, -0.2) is 54.4 Å². The van der Waals surface area contributed by atoms with E-state index in [9.17, 15) is 29.9 Å². The number of para-hydroxylation sites is 1. The summed E-state index contributed by atoms with van der Waals surface area (Å²) in [6.07, 6.45) is -0.303. The number of benzene rings is 2. The molecule has 0 bridgehead atoms. The van der Waals surface area contributed by atoms with E-state index in [0.717, 1.165) is 5.56 Å². The molecule has 12 heteroatoms. The average molecular weight is 575 g/mol. The van der Waals surface area contributed by atoms with Gasteiger partial charge in [0.1, 0.15) is 18.5 Å². The lowest BCUT2D eigenvalue weighted by Gasteiger charge is -2.32. The number of nitro benzene ring substituents is 1. The van der Waals surface area contributed by atoms with E-state index in [1.807, 2.05) is 31.2 Å². The number of aryl methyl sites for hydroxylation is 1. The number of non-ortho nitro benzene ring substituents is 1. The first-order chi connectivity index (χ1) is 18.6. The topological polar surface area (TPSA) is 163 Å². The third-order valence-corrected chi connectivity index (χ3v) is 6.25. The number of allylic oxidation sites excluding steroid dienone is 2. The molecule has 2 atom stereocenters. The molecule has 0 saturated carbocycles. The fourth-order valence-electron chi connectivity index (χ4n) is 4.36. The summed E-state index contributed by atoms with van der Waals surface area (Å²) in [5.41, 5.74) is 1.50. The lowest BCUT2D eigenvalue weighted by atomic mass is 9.80. The van der Waals surface area contributed by atoms with Gasteiger partial charge < -0.3 is 35.1 Å². The molecule has 216 valence electrons. The number of carboxylic acid groups (broad SMARTS) is 1. The Morgan fingerprint density at radius 2 is 1.80 bits per heavy atom. The van der Waals surface area contributed by atoms with Crippen LogP contribution in [0.15, 0.2) is 71.1 Å². The van der Waals surface area contributed by atoms with Gasteiger partial charge >= 0.3 is 5.97 Å². The van der Waals surface area contributed by atoms with E-state index in [1.54, 1.807) is 6.92 Å². The Balaban J connectivity index is 0.00000560. The van der Waals surface area contributed by atoms with Gasteiger partial charge in [-0.3, -0.25) is 10.1 Å². The lowest BCUT2D eigenvalue weighted by Crippen LogP contribution is -2.37. The van der Waals surface area contributed by atoms with E-state index in [4.69, 9.17) is 9.47 Å². The predicted octanol–water partition coefficient (Wildman–Crippen LogP) is 2.27. The molecule has 3 rings (SSSR count). The number of hydrogen-bond donors (Lipinski definition) is 3. The van der Waals surface area contributed by atoms with Crippen LogP contribution in [0.1, 0.15) is 37.3 Å². The molecular weight excluding hydrogens is 542 g/mol. The zero-order valence-corrected chi connectivity index (χ0v) is 23.3. The van der Waals surface area contributed by atoms with Crippen molar-refractivity contribution < 1.29 is 34.2 Å². The van der Waals surface area contributed by atoms with Gasteiger partial charge in [-0.1, -0.05) is 30.3 Å². The highest BCUT2D eigenvalue weighted by atomic mass is 35.5. The fourth-order valence-corrected chi connectivity index (χ4v) is 4.36. The highest BCUT2D eigenvalue weighted by Gasteiger charge is 2.35. The SMILES string of the molecule is CC1=C(C(=O)[O-])C(c2cccc([N+](=O)[O-])c2)C(C(=O)OCCCNCC(O)COc2ccccc2C)=C(C)N1.Cl. The number of ether oxygens (including phenoxy) is 2. The molecule has 2 unspecified atom stereocenters. The number of esters is 1. The quantitative estimate of drug-likeness (QED) is 0.140. The molecule has 1 aliphatic heterocycles. The monoisotopic (exact) mass is 574 g/mol. The highest BCUT2D eigenvalue weighted by Crippen LogP contribution is 2.39. The molecule has 0 aliphatic carbocycles. The summed E-state index contributed by atoms with van der Waals surface area (Å²) in [7, 11) is 0. The molecule has 0 aromatic heterocycles. The summed E-state index contributed by atoms with van der Waals surface area (Å²) in [5, 5.41) is 39.4. The summed E-state index contributed by atoms with van der Waals surface area (Å²) in [6.45, 7) is 5.95. The van der Waals surface area contributed by atoms with E-state index < -0.39 is 28.9 Å². The van der Waals surface area contributed by atoms with Crippen LogP contribution in [0.3, 0.4) is 0 Å². The van der Waals surface area contributed by atoms with Gasteiger partial charge in [0.05, 0.1) is 23.1 Å². The molecule has 1 heterocycles. The third kappa shape index (κ3) is 8.28. The highest BCUT2D eigenvalue weighted by molar-refractivity contribution is 5.98. The smallest absolute Gasteiger partial charge is 0.336 e. The van der Waals surface area contributed by atoms with Crippen LogP contribution in [0.5, 0.6) is 5.75 Å². The van der Waals surface area contributed by atoms with Crippen molar-refractivity contribution in [2.24, 2.45) is 0 Å². The lowest BCUT2D eigenvalue weighted by molar-refractivity contribution is -0.384. The number of carboxylic acids is 1. The molecule has 2 aromatic carbocycles. The molecule has 0 amide bonds. The van der Waals surface area contributed by atoms with Crippen LogP contribution in [0, 0.1) is 17.0 Å². The van der Waals surface area contributed by atoms with Gasteiger partial charge in [0.25, 0.3) is 5.69 Å². The van der Waals surface area contributed by atoms with Gasteiger partial charge in [0.2, 0.25) is 0 Å². The Morgan fingerprint density at radius 1 is 1.10 bits per heavy atom. The van der Waals surface area contributed by atoms with Crippen molar-refractivity contribution >= 4 is 30.0 Å². The minimum absolute atomic E-state index is 0. The first kappa shape index (κ1) is 32.3. The minimum Gasteiger partial charge on any atom is -0.545 e. The number of nitro groups is 1. The first-order valence-electron chi connectivity index (χ1n) is 12.5. The van der Waals surface area contributed by atoms with Crippen molar-refractivity contribution in [3.05, 3.63) is 92.3 Å². The van der Waals surface area contributed by atoms with Crippen LogP contribution < -0.4 is 20.5 Å². The summed E-state index contributed by atoms with van der Waals surface area (Å²) in [5.74, 6) is -2.64. The van der Waals surface area contributed by atoms with Gasteiger partial charge in [-0.2, -0.15) is 0 Å². The molecule has 3 N–H and O–H groups in total. The van der Waals surface area contributed by atoms with Crippen LogP contribution in [0.4, 0.5) is 5.69 Å². The summed E-state index contributed by atoms with van der Waals surface area (Å²) in [6, 6.07) is 13.0. The molecule has 0 spiro atoms. The Morgan fingerprint density at radius 3 is 2.48 bits per heavy atom. The average Bonchev–Trinajstić information content (AvgIpc) is 2.89. The van der Waals surface area contributed by atoms with Gasteiger partial charge in [-0.05, 0) is 50.9 Å². The second-order valence-corrected chi connectivity index (χ2v) is 9.20. The van der Waals surface area contributed by atoms with Gasteiger partial charge in [-0.25, -0.2) is 4.79 Å². The number of hydrogen-bond acceptors (Lipinski definition) is 10. The molecule has 0 saturated heterocycles. The summed E-state index contributed by atoms with van der Waals surface area (Å²) in [4.78, 5) is 35.8. The minimum atomic E-state index is -1.50. The van der Waals surface area contributed by atoms with E-state index in [1.165, 1.54) is 31.2 Å². The zero-order valence-electron chi connectivity index (χ0n) is 22.5. The number of halogens is 1. The molecule has 40 heavy (non-hydrogen) atoms. The largest absolute Gasteiger partial charge is 0.545 e. The van der Waals surface area contributed by atoms with Gasteiger partial charge in [-0.15, -0.1) is 12.4 Å². The van der Waals surface area contributed by atoms with Crippen LogP contribution >= 0.6 is 12.4 Å². The summed E-state index contributed by atoms with van der Waals surface area (Å²) >= 11 is 0. The van der Waals surface area contributed by atoms with Crippen molar-refractivity contribution in [3.8, 4) is 5.75 Å². The van der Waals surface area contributed by atoms with Crippen molar-refractivity contribution in [1.82, 2.24) is 10.6 Å². The molecule has 0 fully saturated rings. The van der Waals surface area contributed by atoms with E-state index in [-0.39, 0.29) is 60.3 Å². The number of carbonyl (C=O) groups is 2. The Bertz CT molecular complexity index is 1290. The van der Waals surface area contributed by atoms with Crippen molar-refractivity contribution in [2.75, 3.05) is 26.3 Å². The Kier molecular flexibility index (Phi) is 12.1. The van der Waals surface area contributed by atoms with Crippen molar-refractivity contribution in [2.45, 2.75) is 39.2 Å². The number of aliphatic hydroxyl groups excluding tert-OH is 1. The number of aliphatic hydroxyl groups is 1. The maximum absolute atomic E-state index is 13.1. The third-order valence-electron chi connectivity index (χ3n) is 6.25. The zero-order chi connectivity index (χ0) is 28.5. The second kappa shape index (κ2) is 15.0. The number of carbonyl (C=O) groups excluding carboxylic acids is 2. The number of nitrogens with zero attached hydrogens (tertiary/aromatic N) is 1. The summed E-state index contributed by atoms with van der Waals surface area (Å²) < 4.78 is 11.1. The molecule has 2 aromatic rings. The maximum atomic E-state index is 13.1. The van der Waals surface area contributed by atoms with E-state index in [0.29, 0.717) is 24.4 Å². The maximum Gasteiger partial charge on any atom is 0.336 e. The first-order valence-corrected chi connectivity index (χ1v) is 12.5. The molecule has 11 nitrogen and oxygen atoms in total. The Hall–Kier alpha value is -3.93. The van der Waals surface area contributed by atoms with Crippen molar-refractivity contribution in [1.29, 1.82) is 0 Å². The standard InChI is InChI=1S/C28H33N3O8.ClH/c1-17-8-4-5-11-23(17)39-16-22(32)15-29-12-7-13-38-28(35)25-19(3)30-18(2)24(27(33)34)26(25)20-9-6-10-21(14-20)31(36)37;/h4-6,8-11,14,22,26,29-30,32H,7,12-13,15-16H2,1-3H3,(H,33,34);1H/p-1. The molecule has 1 aliphatic rings. The van der Waals surface area contributed by atoms with E-state index in [2.05, 4.69) is 10.6 Å². The second-order valence-electron chi connectivity index (χ2n) is 9.20. The fraction of sp³-hybridized carbons (Fsp3) is 0.357. The van der Waals surface area contributed by atoms with Crippen molar-refractivity contribution in [3.63, 3.8) is 0 Å².